The van der Waals surface area contributed by atoms with Crippen LogP contribution in [0.1, 0.15) is 43.0 Å². The molecule has 2 aromatic rings. The lowest BCUT2D eigenvalue weighted by molar-refractivity contribution is -0.384. The van der Waals surface area contributed by atoms with Crippen LogP contribution in [0.3, 0.4) is 0 Å². The van der Waals surface area contributed by atoms with E-state index in [1.165, 1.54) is 26.2 Å². The minimum Gasteiger partial charge on any atom is -0.495 e. The summed E-state index contributed by atoms with van der Waals surface area (Å²) in [6.45, 7) is 1.41. The molecule has 0 radical (unpaired) electrons. The van der Waals surface area contributed by atoms with Crippen molar-refractivity contribution in [2.45, 2.75) is 49.6 Å². The van der Waals surface area contributed by atoms with E-state index < -0.39 is 32.9 Å². The summed E-state index contributed by atoms with van der Waals surface area (Å²) in [5, 5.41) is 13.8. The fraction of sp³-hybridized carbons (Fsp3) is 0.364. The molecule has 0 saturated heterocycles. The number of esters is 1. The van der Waals surface area contributed by atoms with Crippen molar-refractivity contribution in [1.29, 1.82) is 0 Å². The van der Waals surface area contributed by atoms with Gasteiger partial charge in [-0.2, -0.15) is 0 Å². The normalized spacial score (nSPS) is 14.7. The molecule has 0 aromatic heterocycles. The number of nitrogens with one attached hydrogen (secondary N) is 2. The Kier molecular flexibility index (Phi) is 8.18. The number of nitrogens with zero attached hydrogens (tertiary/aromatic N) is 1. The zero-order valence-corrected chi connectivity index (χ0v) is 20.5. The number of halogens is 1. The Morgan fingerprint density at radius 2 is 1.86 bits per heavy atom. The molecule has 1 aliphatic rings. The van der Waals surface area contributed by atoms with Crippen LogP contribution in [0.25, 0.3) is 0 Å². The van der Waals surface area contributed by atoms with Crippen LogP contribution in [0, 0.1) is 10.1 Å². The molecule has 13 heteroatoms. The van der Waals surface area contributed by atoms with E-state index in [2.05, 4.69) is 10.0 Å². The molecular weight excluding hydrogens is 502 g/mol. The predicted molar refractivity (Wildman–Crippen MR) is 127 cm³/mol. The first-order valence-electron chi connectivity index (χ1n) is 10.7. The topological polar surface area (TPSA) is 154 Å². The van der Waals surface area contributed by atoms with Gasteiger partial charge in [0.2, 0.25) is 0 Å². The van der Waals surface area contributed by atoms with Crippen molar-refractivity contribution < 1.29 is 32.4 Å². The summed E-state index contributed by atoms with van der Waals surface area (Å²) in [7, 11) is -3.04. The number of benzene rings is 2. The molecule has 3 rings (SSSR count). The molecule has 0 unspecified atom stereocenters. The molecule has 2 aromatic carbocycles. The maximum absolute atomic E-state index is 13.0. The second-order valence-corrected chi connectivity index (χ2v) is 10.0. The molecule has 1 amide bonds. The second-order valence-electron chi connectivity index (χ2n) is 7.93. The lowest BCUT2D eigenvalue weighted by atomic mass is 10.2. The molecule has 188 valence electrons. The van der Waals surface area contributed by atoms with E-state index in [1.807, 2.05) is 0 Å². The summed E-state index contributed by atoms with van der Waals surface area (Å²) in [4.78, 5) is 35.0. The van der Waals surface area contributed by atoms with Gasteiger partial charge < -0.3 is 14.8 Å². The van der Waals surface area contributed by atoms with Gasteiger partial charge in [0.15, 0.2) is 6.10 Å². The van der Waals surface area contributed by atoms with Crippen molar-refractivity contribution in [3.05, 3.63) is 57.1 Å². The number of ether oxygens (including phenoxy) is 2. The third kappa shape index (κ3) is 6.40. The monoisotopic (exact) mass is 525 g/mol. The van der Waals surface area contributed by atoms with Crippen LogP contribution in [0.2, 0.25) is 5.02 Å². The Balaban J connectivity index is 1.80. The highest BCUT2D eigenvalue weighted by atomic mass is 35.5. The van der Waals surface area contributed by atoms with Gasteiger partial charge >= 0.3 is 5.97 Å². The molecule has 0 bridgehead atoms. The summed E-state index contributed by atoms with van der Waals surface area (Å²) in [5.74, 6) is -1.38. The number of hydrogen-bond acceptors (Lipinski definition) is 8. The number of carbonyl (C=O) groups is 2. The van der Waals surface area contributed by atoms with Gasteiger partial charge in [0.25, 0.3) is 21.6 Å². The summed E-state index contributed by atoms with van der Waals surface area (Å²) in [6.07, 6.45) is 2.64. The number of nitro benzene ring substituents is 1. The number of amides is 1. The van der Waals surface area contributed by atoms with Crippen molar-refractivity contribution in [2.75, 3.05) is 11.8 Å². The molecule has 1 aliphatic carbocycles. The molecule has 35 heavy (non-hydrogen) atoms. The van der Waals surface area contributed by atoms with Crippen molar-refractivity contribution in [2.24, 2.45) is 0 Å². The van der Waals surface area contributed by atoms with Crippen LogP contribution in [0.5, 0.6) is 5.75 Å². The van der Waals surface area contributed by atoms with Crippen LogP contribution in [0.4, 0.5) is 11.4 Å². The fourth-order valence-electron chi connectivity index (χ4n) is 3.59. The molecule has 2 N–H and O–H groups in total. The predicted octanol–water partition coefficient (Wildman–Crippen LogP) is 3.66. The lowest BCUT2D eigenvalue weighted by Gasteiger charge is -2.17. The number of rotatable bonds is 9. The van der Waals surface area contributed by atoms with E-state index in [0.717, 1.165) is 49.9 Å². The van der Waals surface area contributed by atoms with Crippen LogP contribution in [0.15, 0.2) is 41.3 Å². The second kappa shape index (κ2) is 10.9. The summed E-state index contributed by atoms with van der Waals surface area (Å²) in [6, 6.07) is 6.81. The molecular formula is C22H24ClN3O8S. The molecule has 11 nitrogen and oxygen atoms in total. The minimum atomic E-state index is -4.32. The summed E-state index contributed by atoms with van der Waals surface area (Å²) < 4.78 is 38.4. The number of non-ortho nitro benzene ring substituents is 1. The van der Waals surface area contributed by atoms with E-state index in [1.54, 1.807) is 0 Å². The number of anilines is 1. The Morgan fingerprint density at radius 1 is 1.17 bits per heavy atom. The van der Waals surface area contributed by atoms with Gasteiger partial charge in [0.05, 0.1) is 33.2 Å². The number of carbonyl (C=O) groups excluding carboxylic acids is 2. The van der Waals surface area contributed by atoms with Crippen molar-refractivity contribution in [3.8, 4) is 5.75 Å². The number of methoxy groups -OCH3 is 1. The first kappa shape index (κ1) is 26.2. The van der Waals surface area contributed by atoms with E-state index in [-0.39, 0.29) is 38.6 Å². The number of nitro groups is 1. The zero-order chi connectivity index (χ0) is 25.8. The standard InChI is InChI=1S/C22H24ClN3O8S/c1-13(21(27)24-14-5-3-4-6-14)34-22(28)17-12-16(8-9-18(17)23)35(31,32)25-19-11-15(26(29)30)7-10-20(19)33-2/h7-14,25H,3-6H2,1-2H3,(H,24,27)/t13-/m1/s1. The highest BCUT2D eigenvalue weighted by molar-refractivity contribution is 7.92. The molecule has 1 saturated carbocycles. The smallest absolute Gasteiger partial charge is 0.340 e. The maximum Gasteiger partial charge on any atom is 0.340 e. The molecule has 0 heterocycles. The van der Waals surface area contributed by atoms with Gasteiger partial charge in [-0.25, -0.2) is 13.2 Å². The Hall–Kier alpha value is -3.38. The van der Waals surface area contributed by atoms with Crippen LogP contribution in [-0.4, -0.2) is 44.5 Å². The average molecular weight is 526 g/mol. The minimum absolute atomic E-state index is 0.0394. The average Bonchev–Trinajstić information content (AvgIpc) is 3.31. The largest absolute Gasteiger partial charge is 0.495 e. The van der Waals surface area contributed by atoms with Gasteiger partial charge in [-0.05, 0) is 44.0 Å². The third-order valence-corrected chi connectivity index (χ3v) is 7.15. The number of sulfonamides is 1. The van der Waals surface area contributed by atoms with Crippen molar-refractivity contribution >= 4 is 44.9 Å². The number of hydrogen-bond donors (Lipinski definition) is 2. The lowest BCUT2D eigenvalue weighted by Crippen LogP contribution is -2.40. The van der Waals surface area contributed by atoms with Crippen LogP contribution in [-0.2, 0) is 19.6 Å². The molecule has 0 aliphatic heterocycles. The van der Waals surface area contributed by atoms with Crippen LogP contribution >= 0.6 is 11.6 Å². The van der Waals surface area contributed by atoms with Gasteiger partial charge in [-0.3, -0.25) is 19.6 Å². The molecule has 1 atom stereocenters. The van der Waals surface area contributed by atoms with Gasteiger partial charge in [0, 0.05) is 18.2 Å². The Labute approximate surface area is 206 Å². The fourth-order valence-corrected chi connectivity index (χ4v) is 4.87. The highest BCUT2D eigenvalue weighted by Gasteiger charge is 2.26. The van der Waals surface area contributed by atoms with Gasteiger partial charge in [-0.1, -0.05) is 24.4 Å². The van der Waals surface area contributed by atoms with Gasteiger partial charge in [-0.15, -0.1) is 0 Å². The molecule has 0 spiro atoms. The third-order valence-electron chi connectivity index (χ3n) is 5.46. The summed E-state index contributed by atoms with van der Waals surface area (Å²) in [5.41, 5.74) is -0.784. The van der Waals surface area contributed by atoms with Crippen molar-refractivity contribution in [1.82, 2.24) is 5.32 Å². The van der Waals surface area contributed by atoms with Gasteiger partial charge in [0.1, 0.15) is 5.75 Å². The zero-order valence-electron chi connectivity index (χ0n) is 18.9. The summed E-state index contributed by atoms with van der Waals surface area (Å²) >= 11 is 6.09. The Morgan fingerprint density at radius 3 is 2.49 bits per heavy atom. The van der Waals surface area contributed by atoms with Crippen molar-refractivity contribution in [3.63, 3.8) is 0 Å². The van der Waals surface area contributed by atoms with Crippen LogP contribution < -0.4 is 14.8 Å². The SMILES string of the molecule is COc1ccc([N+](=O)[O-])cc1NS(=O)(=O)c1ccc(Cl)c(C(=O)O[C@H](C)C(=O)NC2CCCC2)c1. The first-order valence-corrected chi connectivity index (χ1v) is 12.5. The quantitative estimate of drug-likeness (QED) is 0.285. The maximum atomic E-state index is 13.0. The van der Waals surface area contributed by atoms with E-state index in [4.69, 9.17) is 21.1 Å². The van der Waals surface area contributed by atoms with E-state index >= 15 is 0 Å². The first-order chi connectivity index (χ1) is 16.5. The van der Waals surface area contributed by atoms with E-state index in [0.29, 0.717) is 0 Å². The Bertz CT molecular complexity index is 1250. The highest BCUT2D eigenvalue weighted by Crippen LogP contribution is 2.31. The van der Waals surface area contributed by atoms with E-state index in [9.17, 15) is 28.1 Å². The molecule has 1 fully saturated rings.